The van der Waals surface area contributed by atoms with Gasteiger partial charge in [0.1, 0.15) is 0 Å². The van der Waals surface area contributed by atoms with Gasteiger partial charge in [0.2, 0.25) is 0 Å². The molecule has 1 amide bonds. The van der Waals surface area contributed by atoms with Crippen molar-refractivity contribution >= 4 is 28.4 Å². The first-order valence-corrected chi connectivity index (χ1v) is 11.5. The third kappa shape index (κ3) is 4.20. The molecule has 0 unspecified atom stereocenters. The average Bonchev–Trinajstić information content (AvgIpc) is 3.45. The number of amides is 1. The monoisotopic (exact) mass is 469 g/mol. The number of hydrogen-bond donors (Lipinski definition) is 1. The van der Waals surface area contributed by atoms with Crippen LogP contribution in [0.2, 0.25) is 0 Å². The van der Waals surface area contributed by atoms with Crippen molar-refractivity contribution in [2.75, 3.05) is 0 Å². The molecule has 2 aromatic carbocycles. The molecule has 0 saturated heterocycles. The molecule has 0 atom stereocenters. The van der Waals surface area contributed by atoms with Crippen molar-refractivity contribution in [3.8, 4) is 22.4 Å². The fourth-order valence-corrected chi connectivity index (χ4v) is 4.35. The second-order valence-electron chi connectivity index (χ2n) is 8.29. The molecule has 34 heavy (non-hydrogen) atoms. The topological polar surface area (TPSA) is 64.7 Å². The minimum atomic E-state index is -0.188. The molecule has 1 N–H and O–H groups in total. The van der Waals surface area contributed by atoms with Crippen LogP contribution in [-0.4, -0.2) is 25.2 Å². The first-order valence-electron chi connectivity index (χ1n) is 11.0. The molecular formula is C27H24ClN5O. The molecule has 3 aromatic heterocycles. The van der Waals surface area contributed by atoms with Gasteiger partial charge in [0.15, 0.2) is 0 Å². The fraction of sp³-hybridized carbons (Fsp3) is 0.148. The number of aromatic nitrogens is 4. The number of nitrogens with one attached hydrogen (secondary N) is 1. The lowest BCUT2D eigenvalue weighted by molar-refractivity contribution is 0.0950. The van der Waals surface area contributed by atoms with E-state index in [0.717, 1.165) is 38.9 Å². The number of alkyl halides is 1. The molecule has 0 saturated carbocycles. The van der Waals surface area contributed by atoms with E-state index < -0.39 is 0 Å². The molecule has 0 aliphatic carbocycles. The van der Waals surface area contributed by atoms with Crippen LogP contribution in [0, 0.1) is 0 Å². The zero-order valence-electron chi connectivity index (χ0n) is 19.0. The summed E-state index contributed by atoms with van der Waals surface area (Å²) in [6.07, 6.45) is 5.37. The molecule has 5 aromatic rings. The van der Waals surface area contributed by atoms with Crippen molar-refractivity contribution in [2.45, 2.75) is 12.4 Å². The Hall–Kier alpha value is -3.90. The van der Waals surface area contributed by atoms with Crippen LogP contribution in [0.15, 0.2) is 79.3 Å². The Morgan fingerprint density at radius 3 is 2.59 bits per heavy atom. The molecule has 170 valence electrons. The molecule has 0 fully saturated rings. The van der Waals surface area contributed by atoms with E-state index in [9.17, 15) is 4.79 Å². The van der Waals surface area contributed by atoms with Crippen LogP contribution in [0.1, 0.15) is 21.6 Å². The number of pyridine rings is 1. The standard InChI is InChI=1S/C27H24ClN5O/c1-32-17-22(15-31-32)26-24(12-21(14-29-26)19-8-5-6-18(10-19)13-28)27(34)30-16-23-11-20-7-3-4-9-25(20)33(23)2/h3-12,14-15,17H,13,16H2,1-2H3,(H,30,34). The second kappa shape index (κ2) is 9.15. The maximum Gasteiger partial charge on any atom is 0.253 e. The predicted octanol–water partition coefficient (Wildman–Crippen LogP) is 5.31. The third-order valence-corrected chi connectivity index (χ3v) is 6.31. The summed E-state index contributed by atoms with van der Waals surface area (Å²) < 4.78 is 3.80. The van der Waals surface area contributed by atoms with Crippen LogP contribution < -0.4 is 5.32 Å². The Labute approximate surface area is 202 Å². The number of hydrogen-bond acceptors (Lipinski definition) is 3. The molecule has 0 aliphatic rings. The molecule has 7 heteroatoms. The van der Waals surface area contributed by atoms with Gasteiger partial charge in [-0.15, -0.1) is 11.6 Å². The second-order valence-corrected chi connectivity index (χ2v) is 8.56. The number of para-hydroxylation sites is 1. The smallest absolute Gasteiger partial charge is 0.253 e. The zero-order valence-corrected chi connectivity index (χ0v) is 19.8. The van der Waals surface area contributed by atoms with Crippen molar-refractivity contribution in [1.29, 1.82) is 0 Å². The van der Waals surface area contributed by atoms with E-state index in [1.807, 2.05) is 62.8 Å². The van der Waals surface area contributed by atoms with Crippen LogP contribution in [0.3, 0.4) is 0 Å². The highest BCUT2D eigenvalue weighted by Gasteiger charge is 2.18. The highest BCUT2D eigenvalue weighted by molar-refractivity contribution is 6.17. The van der Waals surface area contributed by atoms with Gasteiger partial charge in [0.25, 0.3) is 5.91 Å². The van der Waals surface area contributed by atoms with Crippen LogP contribution in [0.4, 0.5) is 0 Å². The molecule has 5 rings (SSSR count). The highest BCUT2D eigenvalue weighted by atomic mass is 35.5. The maximum atomic E-state index is 13.4. The van der Waals surface area contributed by atoms with E-state index >= 15 is 0 Å². The number of halogens is 1. The number of carbonyl (C=O) groups is 1. The number of rotatable bonds is 6. The number of fused-ring (bicyclic) bond motifs is 1. The molecule has 0 bridgehead atoms. The fourth-order valence-electron chi connectivity index (χ4n) is 4.19. The Bertz CT molecular complexity index is 1500. The van der Waals surface area contributed by atoms with Crippen LogP contribution in [0.5, 0.6) is 0 Å². The highest BCUT2D eigenvalue weighted by Crippen LogP contribution is 2.28. The van der Waals surface area contributed by atoms with Gasteiger partial charge in [-0.1, -0.05) is 36.4 Å². The first-order chi connectivity index (χ1) is 16.5. The van der Waals surface area contributed by atoms with Gasteiger partial charge in [-0.05, 0) is 40.8 Å². The molecule has 0 aliphatic heterocycles. The van der Waals surface area contributed by atoms with Gasteiger partial charge in [-0.25, -0.2) is 0 Å². The lowest BCUT2D eigenvalue weighted by atomic mass is 10.0. The van der Waals surface area contributed by atoms with Crippen molar-refractivity contribution < 1.29 is 4.79 Å². The first kappa shape index (κ1) is 21.9. The predicted molar refractivity (Wildman–Crippen MR) is 136 cm³/mol. The number of aryl methyl sites for hydroxylation is 2. The summed E-state index contributed by atoms with van der Waals surface area (Å²) in [5, 5.41) is 8.49. The average molecular weight is 470 g/mol. The number of nitrogens with zero attached hydrogens (tertiary/aromatic N) is 4. The van der Waals surface area contributed by atoms with Crippen LogP contribution >= 0.6 is 11.6 Å². The summed E-state index contributed by atoms with van der Waals surface area (Å²) in [6, 6.07) is 20.1. The summed E-state index contributed by atoms with van der Waals surface area (Å²) in [5.41, 5.74) is 6.87. The maximum absolute atomic E-state index is 13.4. The van der Waals surface area contributed by atoms with Gasteiger partial charge >= 0.3 is 0 Å². The van der Waals surface area contributed by atoms with Gasteiger partial charge in [0.05, 0.1) is 24.0 Å². The van der Waals surface area contributed by atoms with Crippen LogP contribution in [-0.2, 0) is 26.5 Å². The zero-order chi connectivity index (χ0) is 23.7. The lowest BCUT2D eigenvalue weighted by Gasteiger charge is -2.12. The van der Waals surface area contributed by atoms with Crippen molar-refractivity contribution in [2.24, 2.45) is 14.1 Å². The summed E-state index contributed by atoms with van der Waals surface area (Å²) in [6.45, 7) is 0.405. The third-order valence-electron chi connectivity index (χ3n) is 6.01. The van der Waals surface area contributed by atoms with Gasteiger partial charge in [0, 0.05) is 54.7 Å². The molecule has 3 heterocycles. The SMILES string of the molecule is Cn1cc(-c2ncc(-c3cccc(CCl)c3)cc2C(=O)NCc2cc3ccccc3n2C)cn1. The number of benzene rings is 2. The minimum absolute atomic E-state index is 0.188. The minimum Gasteiger partial charge on any atom is -0.346 e. The summed E-state index contributed by atoms with van der Waals surface area (Å²) in [5.74, 6) is 0.236. The summed E-state index contributed by atoms with van der Waals surface area (Å²) in [7, 11) is 3.85. The van der Waals surface area contributed by atoms with Crippen molar-refractivity contribution in [3.63, 3.8) is 0 Å². The Kier molecular flexibility index (Phi) is 5.90. The van der Waals surface area contributed by atoms with E-state index in [4.69, 9.17) is 11.6 Å². The molecule has 6 nitrogen and oxygen atoms in total. The Balaban J connectivity index is 1.50. The Morgan fingerprint density at radius 2 is 1.82 bits per heavy atom. The van der Waals surface area contributed by atoms with Gasteiger partial charge in [-0.2, -0.15) is 5.10 Å². The van der Waals surface area contributed by atoms with Crippen LogP contribution in [0.25, 0.3) is 33.3 Å². The summed E-state index contributed by atoms with van der Waals surface area (Å²) in [4.78, 5) is 18.1. The summed E-state index contributed by atoms with van der Waals surface area (Å²) >= 11 is 6.03. The largest absolute Gasteiger partial charge is 0.346 e. The molecule has 0 radical (unpaired) electrons. The normalized spacial score (nSPS) is 11.1. The quantitative estimate of drug-likeness (QED) is 0.343. The number of carbonyl (C=O) groups excluding carboxylic acids is 1. The van der Waals surface area contributed by atoms with E-state index in [1.54, 1.807) is 17.1 Å². The van der Waals surface area contributed by atoms with E-state index in [0.29, 0.717) is 23.7 Å². The van der Waals surface area contributed by atoms with E-state index in [-0.39, 0.29) is 5.91 Å². The van der Waals surface area contributed by atoms with Gasteiger partial charge in [-0.3, -0.25) is 14.5 Å². The lowest BCUT2D eigenvalue weighted by Crippen LogP contribution is -2.25. The van der Waals surface area contributed by atoms with E-state index in [1.165, 1.54) is 0 Å². The Morgan fingerprint density at radius 1 is 0.971 bits per heavy atom. The van der Waals surface area contributed by atoms with Crippen molar-refractivity contribution in [3.05, 3.63) is 96.1 Å². The van der Waals surface area contributed by atoms with Crippen molar-refractivity contribution in [1.82, 2.24) is 24.6 Å². The van der Waals surface area contributed by atoms with E-state index in [2.05, 4.69) is 38.2 Å². The van der Waals surface area contributed by atoms with Gasteiger partial charge < -0.3 is 9.88 Å². The molecule has 0 spiro atoms. The molecular weight excluding hydrogens is 446 g/mol.